The van der Waals surface area contributed by atoms with Crippen molar-refractivity contribution in [3.05, 3.63) is 30.5 Å². The van der Waals surface area contributed by atoms with E-state index in [1.165, 1.54) is 25.7 Å². The molecule has 8 heteroatoms. The summed E-state index contributed by atoms with van der Waals surface area (Å²) in [5, 5.41) is 11.9. The van der Waals surface area contributed by atoms with Crippen LogP contribution in [0.2, 0.25) is 0 Å². The molecule has 0 aliphatic carbocycles. The fourth-order valence-electron chi connectivity index (χ4n) is 3.63. The van der Waals surface area contributed by atoms with Crippen LogP contribution in [0.3, 0.4) is 0 Å². The van der Waals surface area contributed by atoms with Crippen LogP contribution in [0.4, 0.5) is 11.6 Å². The van der Waals surface area contributed by atoms with Crippen LogP contribution in [0.25, 0.3) is 11.5 Å². The van der Waals surface area contributed by atoms with Crippen LogP contribution in [0.5, 0.6) is 0 Å². The van der Waals surface area contributed by atoms with Gasteiger partial charge in [0, 0.05) is 38.3 Å². The Kier molecular flexibility index (Phi) is 8.83. The normalized spacial score (nSPS) is 14.2. The average Bonchev–Trinajstić information content (AvgIpc) is 3.08. The quantitative estimate of drug-likeness (QED) is 0.310. The average molecular weight is 413 g/mol. The zero-order chi connectivity index (χ0) is 21.0. The number of hydroxylamine groups is 1. The first-order valence-corrected chi connectivity index (χ1v) is 11.0. The molecular weight excluding hydrogens is 380 g/mol. The van der Waals surface area contributed by atoms with Crippen LogP contribution < -0.4 is 15.7 Å². The monoisotopic (exact) mass is 412 g/mol. The molecule has 1 aliphatic rings. The van der Waals surface area contributed by atoms with Crippen LogP contribution in [-0.2, 0) is 4.79 Å². The Morgan fingerprint density at radius 3 is 2.57 bits per heavy atom. The molecule has 1 fully saturated rings. The Labute approximate surface area is 178 Å². The van der Waals surface area contributed by atoms with E-state index in [-0.39, 0.29) is 5.91 Å². The van der Waals surface area contributed by atoms with E-state index in [9.17, 15) is 4.79 Å². The molecule has 3 rings (SSSR count). The highest BCUT2D eigenvalue weighted by Crippen LogP contribution is 2.23. The van der Waals surface area contributed by atoms with Crippen molar-refractivity contribution in [1.29, 1.82) is 0 Å². The van der Waals surface area contributed by atoms with Crippen molar-refractivity contribution >= 4 is 17.5 Å². The van der Waals surface area contributed by atoms with Crippen LogP contribution in [0.1, 0.15) is 57.8 Å². The van der Waals surface area contributed by atoms with Crippen molar-refractivity contribution in [2.75, 3.05) is 29.9 Å². The van der Waals surface area contributed by atoms with Crippen LogP contribution in [0.15, 0.2) is 30.5 Å². The number of carbonyl (C=O) groups is 1. The standard InChI is InChI=1S/C22H32N6O2/c29-21(27-30)12-5-1-2-7-14-24-19-17-20(28-15-9-3-4-10-16-28)26-22(25-19)18-11-6-8-13-23-18/h6,8,11,13,17,30H,1-5,7,9-10,12,14-16H2,(H,27,29)(H,24,25,26). The van der Waals surface area contributed by atoms with Gasteiger partial charge in [-0.3, -0.25) is 15.0 Å². The van der Waals surface area contributed by atoms with Gasteiger partial charge in [0.25, 0.3) is 0 Å². The summed E-state index contributed by atoms with van der Waals surface area (Å²) in [5.41, 5.74) is 2.45. The van der Waals surface area contributed by atoms with E-state index in [1.807, 2.05) is 24.3 Å². The van der Waals surface area contributed by atoms with Gasteiger partial charge in [0.1, 0.15) is 17.3 Å². The molecule has 1 aliphatic heterocycles. The van der Waals surface area contributed by atoms with Gasteiger partial charge < -0.3 is 10.2 Å². The molecule has 3 heterocycles. The second-order valence-corrected chi connectivity index (χ2v) is 7.68. The molecule has 0 spiro atoms. The highest BCUT2D eigenvalue weighted by molar-refractivity contribution is 5.74. The smallest absolute Gasteiger partial charge is 0.243 e. The molecule has 30 heavy (non-hydrogen) atoms. The number of anilines is 2. The predicted octanol–water partition coefficient (Wildman–Crippen LogP) is 3.79. The molecule has 2 aromatic rings. The predicted molar refractivity (Wildman–Crippen MR) is 117 cm³/mol. The van der Waals surface area contributed by atoms with Crippen LogP contribution >= 0.6 is 0 Å². The third-order valence-corrected chi connectivity index (χ3v) is 5.30. The van der Waals surface area contributed by atoms with Gasteiger partial charge in [-0.05, 0) is 37.8 Å². The second-order valence-electron chi connectivity index (χ2n) is 7.68. The third-order valence-electron chi connectivity index (χ3n) is 5.30. The van der Waals surface area contributed by atoms with Crippen molar-refractivity contribution in [2.45, 2.75) is 57.8 Å². The highest BCUT2D eigenvalue weighted by Gasteiger charge is 2.15. The van der Waals surface area contributed by atoms with Gasteiger partial charge in [0.2, 0.25) is 5.91 Å². The van der Waals surface area contributed by atoms with E-state index in [0.29, 0.717) is 12.2 Å². The minimum absolute atomic E-state index is 0.322. The van der Waals surface area contributed by atoms with Gasteiger partial charge in [0.05, 0.1) is 0 Å². The summed E-state index contributed by atoms with van der Waals surface area (Å²) in [7, 11) is 0. The molecule has 0 radical (unpaired) electrons. The zero-order valence-electron chi connectivity index (χ0n) is 17.5. The molecule has 1 saturated heterocycles. The number of carbonyl (C=O) groups excluding carboxylic acids is 1. The van der Waals surface area contributed by atoms with Gasteiger partial charge >= 0.3 is 0 Å². The summed E-state index contributed by atoms with van der Waals surface area (Å²) >= 11 is 0. The first kappa shape index (κ1) is 22.0. The molecule has 8 nitrogen and oxygen atoms in total. The second kappa shape index (κ2) is 12.1. The number of nitrogens with one attached hydrogen (secondary N) is 2. The van der Waals surface area contributed by atoms with E-state index >= 15 is 0 Å². The summed E-state index contributed by atoms with van der Waals surface area (Å²) in [6.45, 7) is 2.86. The summed E-state index contributed by atoms with van der Waals surface area (Å²) in [5.74, 6) is 2.11. The van der Waals surface area contributed by atoms with Crippen molar-refractivity contribution in [3.63, 3.8) is 0 Å². The van der Waals surface area contributed by atoms with Crippen LogP contribution in [-0.4, -0.2) is 45.7 Å². The first-order chi connectivity index (χ1) is 14.8. The number of amides is 1. The molecule has 0 saturated carbocycles. The number of hydrogen-bond donors (Lipinski definition) is 3. The van der Waals surface area contributed by atoms with Gasteiger partial charge in [0.15, 0.2) is 5.82 Å². The fourth-order valence-corrected chi connectivity index (χ4v) is 3.63. The van der Waals surface area contributed by atoms with Gasteiger partial charge in [-0.25, -0.2) is 15.4 Å². The van der Waals surface area contributed by atoms with Gasteiger partial charge in [-0.2, -0.15) is 0 Å². The molecule has 162 valence electrons. The van der Waals surface area contributed by atoms with Crippen molar-refractivity contribution in [1.82, 2.24) is 20.4 Å². The Morgan fingerprint density at radius 1 is 1.03 bits per heavy atom. The lowest BCUT2D eigenvalue weighted by atomic mass is 10.1. The Hall–Kier alpha value is -2.74. The lowest BCUT2D eigenvalue weighted by molar-refractivity contribution is -0.129. The van der Waals surface area contributed by atoms with E-state index < -0.39 is 0 Å². The van der Waals surface area contributed by atoms with E-state index in [4.69, 9.17) is 15.2 Å². The summed E-state index contributed by atoms with van der Waals surface area (Å²) < 4.78 is 0. The highest BCUT2D eigenvalue weighted by atomic mass is 16.5. The largest absolute Gasteiger partial charge is 0.370 e. The maximum atomic E-state index is 11.0. The maximum Gasteiger partial charge on any atom is 0.243 e. The molecule has 0 atom stereocenters. The fraction of sp³-hybridized carbons (Fsp3) is 0.545. The van der Waals surface area contributed by atoms with Crippen molar-refractivity contribution in [3.8, 4) is 11.5 Å². The number of unbranched alkanes of at least 4 members (excludes halogenated alkanes) is 3. The number of rotatable bonds is 10. The summed E-state index contributed by atoms with van der Waals surface area (Å²) in [4.78, 5) is 27.3. The molecular formula is C22H32N6O2. The minimum Gasteiger partial charge on any atom is -0.370 e. The molecule has 0 aromatic carbocycles. The Morgan fingerprint density at radius 2 is 1.83 bits per heavy atom. The lowest BCUT2D eigenvalue weighted by Gasteiger charge is -2.22. The van der Waals surface area contributed by atoms with Crippen molar-refractivity contribution in [2.24, 2.45) is 0 Å². The molecule has 1 amide bonds. The molecule has 0 unspecified atom stereocenters. The van der Waals surface area contributed by atoms with E-state index in [2.05, 4.69) is 15.2 Å². The first-order valence-electron chi connectivity index (χ1n) is 11.0. The van der Waals surface area contributed by atoms with Crippen LogP contribution in [0, 0.1) is 0 Å². The number of pyridine rings is 1. The van der Waals surface area contributed by atoms with Gasteiger partial charge in [-0.15, -0.1) is 0 Å². The number of hydrogen-bond acceptors (Lipinski definition) is 7. The summed E-state index contributed by atoms with van der Waals surface area (Å²) in [6, 6.07) is 7.83. The molecule has 3 N–H and O–H groups in total. The number of aromatic nitrogens is 3. The maximum absolute atomic E-state index is 11.0. The van der Waals surface area contributed by atoms with E-state index in [0.717, 1.165) is 62.6 Å². The SMILES string of the molecule is O=C(CCCCCCNc1cc(N2CCCCCC2)nc(-c2ccccn2)n1)NO. The Balaban J connectivity index is 1.61. The van der Waals surface area contributed by atoms with Gasteiger partial charge in [-0.1, -0.05) is 31.7 Å². The third kappa shape index (κ3) is 6.95. The number of nitrogens with zero attached hydrogens (tertiary/aromatic N) is 4. The topological polar surface area (TPSA) is 103 Å². The minimum atomic E-state index is -0.322. The van der Waals surface area contributed by atoms with Crippen molar-refractivity contribution < 1.29 is 10.0 Å². The molecule has 0 bridgehead atoms. The summed E-state index contributed by atoms with van der Waals surface area (Å²) in [6.07, 6.45) is 10.8. The van der Waals surface area contributed by atoms with E-state index in [1.54, 1.807) is 11.7 Å². The zero-order valence-corrected chi connectivity index (χ0v) is 17.5. The molecule has 2 aromatic heterocycles. The Bertz CT molecular complexity index is 778. The lowest BCUT2D eigenvalue weighted by Crippen LogP contribution is -2.25.